The lowest BCUT2D eigenvalue weighted by Gasteiger charge is -2.28. The average molecular weight is 328 g/mol. The molecule has 1 saturated carbocycles. The molecule has 1 aliphatic carbocycles. The van der Waals surface area contributed by atoms with Crippen LogP contribution in [0.15, 0.2) is 29.3 Å². The van der Waals surface area contributed by atoms with Crippen LogP contribution in [0.25, 0.3) is 0 Å². The molecule has 1 aromatic carbocycles. The Labute approximate surface area is 147 Å². The molecule has 0 amide bonds. The van der Waals surface area contributed by atoms with Gasteiger partial charge in [0, 0.05) is 5.56 Å². The van der Waals surface area contributed by atoms with Gasteiger partial charge in [-0.25, -0.2) is 4.99 Å². The molecule has 1 fully saturated rings. The molecule has 0 saturated heterocycles. The van der Waals surface area contributed by atoms with Crippen LogP contribution in [-0.4, -0.2) is 18.5 Å². The molecule has 0 unspecified atom stereocenters. The minimum atomic E-state index is 0.318. The van der Waals surface area contributed by atoms with Crippen LogP contribution in [0.1, 0.15) is 82.8 Å². The summed E-state index contributed by atoms with van der Waals surface area (Å²) in [4.78, 5) is 4.73. The number of ether oxygens (including phenoxy) is 1. The number of nitrogens with zero attached hydrogens (tertiary/aromatic N) is 1. The summed E-state index contributed by atoms with van der Waals surface area (Å²) in [6, 6.07) is 9.35. The first-order valence-corrected chi connectivity index (χ1v) is 9.98. The van der Waals surface area contributed by atoms with Crippen molar-refractivity contribution in [2.45, 2.75) is 77.7 Å². The molecule has 1 heterocycles. The van der Waals surface area contributed by atoms with Crippen molar-refractivity contribution in [2.75, 3.05) is 6.61 Å². The Morgan fingerprint density at radius 3 is 2.38 bits per heavy atom. The van der Waals surface area contributed by atoms with Crippen LogP contribution < -0.4 is 0 Å². The van der Waals surface area contributed by atoms with Gasteiger partial charge in [0.05, 0.1) is 6.04 Å². The van der Waals surface area contributed by atoms with Crippen LogP contribution in [0.5, 0.6) is 0 Å². The normalized spacial score (nSPS) is 27.2. The zero-order valence-corrected chi connectivity index (χ0v) is 15.6. The van der Waals surface area contributed by atoms with Gasteiger partial charge in [0.15, 0.2) is 0 Å². The van der Waals surface area contributed by atoms with E-state index in [0.29, 0.717) is 12.0 Å². The number of hydrogen-bond acceptors (Lipinski definition) is 2. The lowest BCUT2D eigenvalue weighted by atomic mass is 9.77. The molecule has 2 nitrogen and oxygen atoms in total. The Hall–Kier alpha value is -1.31. The monoisotopic (exact) mass is 327 g/mol. The van der Waals surface area contributed by atoms with E-state index in [1.807, 2.05) is 0 Å². The summed E-state index contributed by atoms with van der Waals surface area (Å²) in [5, 5.41) is 0. The van der Waals surface area contributed by atoms with Crippen molar-refractivity contribution in [3.63, 3.8) is 0 Å². The van der Waals surface area contributed by atoms with E-state index < -0.39 is 0 Å². The Morgan fingerprint density at radius 1 is 1.08 bits per heavy atom. The second-order valence-electron chi connectivity index (χ2n) is 8.04. The van der Waals surface area contributed by atoms with Crippen molar-refractivity contribution in [3.8, 4) is 0 Å². The smallest absolute Gasteiger partial charge is 0.216 e. The van der Waals surface area contributed by atoms with Crippen molar-refractivity contribution in [1.82, 2.24) is 0 Å². The maximum Gasteiger partial charge on any atom is 0.216 e. The molecule has 132 valence electrons. The van der Waals surface area contributed by atoms with E-state index in [1.54, 1.807) is 0 Å². The lowest BCUT2D eigenvalue weighted by molar-refractivity contribution is 0.292. The number of hydrogen-bond donors (Lipinski definition) is 0. The van der Waals surface area contributed by atoms with Crippen molar-refractivity contribution in [1.29, 1.82) is 0 Å². The summed E-state index contributed by atoms with van der Waals surface area (Å²) in [7, 11) is 0. The van der Waals surface area contributed by atoms with Gasteiger partial charge in [-0.2, -0.15) is 0 Å². The predicted octanol–water partition coefficient (Wildman–Crippen LogP) is 5.95. The third-order valence-electron chi connectivity index (χ3n) is 5.89. The van der Waals surface area contributed by atoms with Gasteiger partial charge in [-0.05, 0) is 61.1 Å². The second kappa shape index (κ2) is 8.18. The van der Waals surface area contributed by atoms with Gasteiger partial charge in [-0.15, -0.1) is 0 Å². The lowest BCUT2D eigenvalue weighted by Crippen LogP contribution is -2.13. The summed E-state index contributed by atoms with van der Waals surface area (Å²) >= 11 is 0. The highest BCUT2D eigenvalue weighted by atomic mass is 16.5. The number of unbranched alkanes of at least 4 members (excludes halogenated alkanes) is 1. The molecule has 24 heavy (non-hydrogen) atoms. The fraction of sp³-hybridized carbons (Fsp3) is 0.682. The largest absolute Gasteiger partial charge is 0.475 e. The minimum Gasteiger partial charge on any atom is -0.475 e. The van der Waals surface area contributed by atoms with Gasteiger partial charge in [0.1, 0.15) is 6.61 Å². The summed E-state index contributed by atoms with van der Waals surface area (Å²) in [6.45, 7) is 7.45. The van der Waals surface area contributed by atoms with Crippen LogP contribution in [0.3, 0.4) is 0 Å². The Kier molecular flexibility index (Phi) is 5.97. The van der Waals surface area contributed by atoms with Crippen molar-refractivity contribution < 1.29 is 4.74 Å². The van der Waals surface area contributed by atoms with Crippen LogP contribution in [0, 0.1) is 11.8 Å². The first-order chi connectivity index (χ1) is 11.7. The van der Waals surface area contributed by atoms with E-state index in [0.717, 1.165) is 29.9 Å². The highest BCUT2D eigenvalue weighted by Crippen LogP contribution is 2.37. The highest BCUT2D eigenvalue weighted by molar-refractivity contribution is 5.95. The Balaban J connectivity index is 1.57. The maximum atomic E-state index is 5.80. The van der Waals surface area contributed by atoms with Gasteiger partial charge in [-0.1, -0.05) is 52.2 Å². The fourth-order valence-electron chi connectivity index (χ4n) is 4.06. The SMILES string of the molecule is CCCCC1CCC(c2ccc(C3=N[C@@H](C(C)C)CO3)cc2)CC1. The van der Waals surface area contributed by atoms with Crippen LogP contribution >= 0.6 is 0 Å². The minimum absolute atomic E-state index is 0.318. The molecule has 0 N–H and O–H groups in total. The van der Waals surface area contributed by atoms with E-state index in [-0.39, 0.29) is 0 Å². The van der Waals surface area contributed by atoms with Gasteiger partial charge < -0.3 is 4.74 Å². The average Bonchev–Trinajstić information content (AvgIpc) is 3.11. The molecular weight excluding hydrogens is 294 g/mol. The fourth-order valence-corrected chi connectivity index (χ4v) is 4.06. The molecule has 1 aliphatic heterocycles. The Morgan fingerprint density at radius 2 is 1.79 bits per heavy atom. The van der Waals surface area contributed by atoms with Crippen LogP contribution in [-0.2, 0) is 4.74 Å². The number of aliphatic imine (C=N–C) groups is 1. The van der Waals surface area contributed by atoms with Crippen molar-refractivity contribution in [2.24, 2.45) is 16.8 Å². The number of rotatable bonds is 6. The van der Waals surface area contributed by atoms with E-state index >= 15 is 0 Å². The first kappa shape index (κ1) is 17.5. The van der Waals surface area contributed by atoms with Crippen molar-refractivity contribution in [3.05, 3.63) is 35.4 Å². The summed E-state index contributed by atoms with van der Waals surface area (Å²) in [6.07, 6.45) is 9.74. The molecule has 1 atom stereocenters. The molecule has 0 spiro atoms. The van der Waals surface area contributed by atoms with E-state index in [4.69, 9.17) is 9.73 Å². The number of benzene rings is 1. The van der Waals surface area contributed by atoms with Crippen molar-refractivity contribution >= 4 is 5.90 Å². The zero-order chi connectivity index (χ0) is 16.9. The molecular formula is C22H33NO. The van der Waals surface area contributed by atoms with Gasteiger partial charge in [-0.3, -0.25) is 0 Å². The second-order valence-corrected chi connectivity index (χ2v) is 8.04. The van der Waals surface area contributed by atoms with Crippen LogP contribution in [0.4, 0.5) is 0 Å². The van der Waals surface area contributed by atoms with Gasteiger partial charge >= 0.3 is 0 Å². The quantitative estimate of drug-likeness (QED) is 0.632. The maximum absolute atomic E-state index is 5.80. The predicted molar refractivity (Wildman–Crippen MR) is 102 cm³/mol. The standard InChI is InChI=1S/C22H33NO/c1-4-5-6-17-7-9-18(10-8-17)19-11-13-20(14-12-19)22-23-21(15-24-22)16(2)3/h11-14,16-18,21H,4-10,15H2,1-3H3/t17?,18?,21-/m1/s1. The van der Waals surface area contributed by atoms with E-state index in [1.165, 1.54) is 50.5 Å². The summed E-state index contributed by atoms with van der Waals surface area (Å²) < 4.78 is 5.80. The molecule has 0 bridgehead atoms. The first-order valence-electron chi connectivity index (χ1n) is 9.98. The Bertz CT molecular complexity index is 538. The molecule has 0 aromatic heterocycles. The summed E-state index contributed by atoms with van der Waals surface area (Å²) in [5.41, 5.74) is 2.64. The van der Waals surface area contributed by atoms with Gasteiger partial charge in [0.25, 0.3) is 0 Å². The van der Waals surface area contributed by atoms with Gasteiger partial charge in [0.2, 0.25) is 5.90 Å². The summed E-state index contributed by atoms with van der Waals surface area (Å²) in [5.74, 6) is 3.12. The molecule has 1 aromatic rings. The molecule has 3 rings (SSSR count). The van der Waals surface area contributed by atoms with Crippen LogP contribution in [0.2, 0.25) is 0 Å². The highest BCUT2D eigenvalue weighted by Gasteiger charge is 2.24. The molecule has 2 heteroatoms. The topological polar surface area (TPSA) is 21.6 Å². The molecule has 0 radical (unpaired) electrons. The zero-order valence-electron chi connectivity index (χ0n) is 15.6. The molecule has 2 aliphatic rings. The third-order valence-corrected chi connectivity index (χ3v) is 5.89. The third kappa shape index (κ3) is 4.20. The van der Waals surface area contributed by atoms with E-state index in [2.05, 4.69) is 45.0 Å². The van der Waals surface area contributed by atoms with E-state index in [9.17, 15) is 0 Å².